The van der Waals surface area contributed by atoms with Crippen molar-refractivity contribution in [2.45, 2.75) is 20.1 Å². The molecule has 0 saturated carbocycles. The summed E-state index contributed by atoms with van der Waals surface area (Å²) in [6.45, 7) is 3.81. The third-order valence-electron chi connectivity index (χ3n) is 6.21. The van der Waals surface area contributed by atoms with Crippen molar-refractivity contribution in [2.24, 2.45) is 0 Å². The standard InChI is InChI=1S/C30H30N6O3/c1-20(39-21(2)37)36-19-28(23-9-6-8-22(12-23)15-31)27-14-25(17-33-30(27)36)24-13-26(18-32-16-24)35(5)29(38)10-7-11-34(3)4/h6-10,12-14,16-20H,11H2,1-5H3/b10-7+. The van der Waals surface area contributed by atoms with Gasteiger partial charge >= 0.3 is 5.97 Å². The second-order valence-electron chi connectivity index (χ2n) is 9.44. The summed E-state index contributed by atoms with van der Waals surface area (Å²) < 4.78 is 7.24. The molecule has 4 aromatic rings. The van der Waals surface area contributed by atoms with E-state index >= 15 is 0 Å². The average molecular weight is 523 g/mol. The number of nitrogens with zero attached hydrogens (tertiary/aromatic N) is 6. The van der Waals surface area contributed by atoms with Crippen molar-refractivity contribution in [3.63, 3.8) is 0 Å². The van der Waals surface area contributed by atoms with Gasteiger partial charge in [-0.1, -0.05) is 18.2 Å². The molecule has 198 valence electrons. The van der Waals surface area contributed by atoms with Crippen molar-refractivity contribution in [2.75, 3.05) is 32.6 Å². The molecule has 0 fully saturated rings. The summed E-state index contributed by atoms with van der Waals surface area (Å²) in [4.78, 5) is 36.9. The molecule has 0 aliphatic rings. The van der Waals surface area contributed by atoms with Crippen molar-refractivity contribution in [3.05, 3.63) is 78.9 Å². The van der Waals surface area contributed by atoms with Crippen LogP contribution < -0.4 is 4.90 Å². The maximum absolute atomic E-state index is 12.7. The van der Waals surface area contributed by atoms with Crippen molar-refractivity contribution in [3.8, 4) is 28.3 Å². The monoisotopic (exact) mass is 522 g/mol. The number of esters is 1. The Kier molecular flexibility index (Phi) is 8.18. The van der Waals surface area contributed by atoms with E-state index in [0.29, 0.717) is 23.4 Å². The largest absolute Gasteiger partial charge is 0.442 e. The number of benzene rings is 1. The quantitative estimate of drug-likeness (QED) is 0.242. The summed E-state index contributed by atoms with van der Waals surface area (Å²) in [7, 11) is 5.59. The molecule has 9 nitrogen and oxygen atoms in total. The number of likely N-dealkylation sites (N-methyl/N-ethyl adjacent to an activating group) is 2. The van der Waals surface area contributed by atoms with Crippen molar-refractivity contribution < 1.29 is 14.3 Å². The molecule has 1 atom stereocenters. The summed E-state index contributed by atoms with van der Waals surface area (Å²) in [6, 6.07) is 13.4. The van der Waals surface area contributed by atoms with Gasteiger partial charge < -0.3 is 14.5 Å². The van der Waals surface area contributed by atoms with Gasteiger partial charge in [0.25, 0.3) is 0 Å². The second-order valence-corrected chi connectivity index (χ2v) is 9.44. The number of fused-ring (bicyclic) bond motifs is 1. The zero-order valence-electron chi connectivity index (χ0n) is 22.6. The Morgan fingerprint density at radius 2 is 1.87 bits per heavy atom. The molecular weight excluding hydrogens is 492 g/mol. The summed E-state index contributed by atoms with van der Waals surface area (Å²) in [6.07, 6.45) is 9.76. The molecule has 1 amide bonds. The smallest absolute Gasteiger partial charge is 0.304 e. The van der Waals surface area contributed by atoms with Gasteiger partial charge in [-0.2, -0.15) is 5.26 Å². The Morgan fingerprint density at radius 3 is 2.59 bits per heavy atom. The van der Waals surface area contributed by atoms with Gasteiger partial charge in [0, 0.05) is 67.3 Å². The van der Waals surface area contributed by atoms with E-state index in [-0.39, 0.29) is 5.91 Å². The molecule has 3 aromatic heterocycles. The van der Waals surface area contributed by atoms with Crippen LogP contribution in [0.2, 0.25) is 0 Å². The molecule has 0 bridgehead atoms. The SMILES string of the molecule is CC(=O)OC(C)n1cc(-c2cccc(C#N)c2)c2cc(-c3cncc(N(C)C(=O)/C=C/CN(C)C)c3)cnc21. The number of carbonyl (C=O) groups is 2. The van der Waals surface area contributed by atoms with Gasteiger partial charge in [0.1, 0.15) is 5.65 Å². The number of pyridine rings is 2. The highest BCUT2D eigenvalue weighted by molar-refractivity contribution is 6.01. The van der Waals surface area contributed by atoms with E-state index in [4.69, 9.17) is 9.72 Å². The minimum Gasteiger partial charge on any atom is -0.442 e. The van der Waals surface area contributed by atoms with Crippen LogP contribution >= 0.6 is 0 Å². The summed E-state index contributed by atoms with van der Waals surface area (Å²) >= 11 is 0. The fourth-order valence-electron chi connectivity index (χ4n) is 4.22. The lowest BCUT2D eigenvalue weighted by Crippen LogP contribution is -2.24. The van der Waals surface area contributed by atoms with Gasteiger partial charge in [-0.05, 0) is 50.8 Å². The van der Waals surface area contributed by atoms with Crippen LogP contribution in [-0.4, -0.2) is 59.0 Å². The third kappa shape index (κ3) is 6.20. The van der Waals surface area contributed by atoms with E-state index in [0.717, 1.165) is 27.6 Å². The molecule has 0 aliphatic carbocycles. The molecule has 0 aliphatic heterocycles. The van der Waals surface area contributed by atoms with Gasteiger partial charge in [-0.25, -0.2) is 4.98 Å². The van der Waals surface area contributed by atoms with Crippen LogP contribution in [0.4, 0.5) is 5.69 Å². The molecule has 9 heteroatoms. The lowest BCUT2D eigenvalue weighted by atomic mass is 10.0. The number of hydrogen-bond acceptors (Lipinski definition) is 7. The van der Waals surface area contributed by atoms with Crippen LogP contribution in [0.5, 0.6) is 0 Å². The van der Waals surface area contributed by atoms with Gasteiger partial charge in [0.15, 0.2) is 6.23 Å². The normalized spacial score (nSPS) is 12.0. The Hall–Kier alpha value is -4.81. The molecule has 1 aromatic carbocycles. The number of carbonyl (C=O) groups excluding carboxylic acids is 2. The number of hydrogen-bond donors (Lipinski definition) is 0. The highest BCUT2D eigenvalue weighted by Crippen LogP contribution is 2.35. The number of ether oxygens (including phenoxy) is 1. The molecule has 0 N–H and O–H groups in total. The molecule has 0 radical (unpaired) electrons. The van der Waals surface area contributed by atoms with E-state index in [9.17, 15) is 14.9 Å². The minimum absolute atomic E-state index is 0.152. The van der Waals surface area contributed by atoms with Crippen LogP contribution in [0.25, 0.3) is 33.3 Å². The van der Waals surface area contributed by atoms with Gasteiger partial charge in [-0.3, -0.25) is 19.1 Å². The zero-order valence-corrected chi connectivity index (χ0v) is 22.6. The maximum atomic E-state index is 12.7. The van der Waals surface area contributed by atoms with E-state index in [1.165, 1.54) is 6.92 Å². The molecule has 3 heterocycles. The molecular formula is C30H30N6O3. The average Bonchev–Trinajstić information content (AvgIpc) is 3.31. The Balaban J connectivity index is 1.77. The summed E-state index contributed by atoms with van der Waals surface area (Å²) in [5.74, 6) is -0.548. The maximum Gasteiger partial charge on any atom is 0.304 e. The Labute approximate surface area is 227 Å². The van der Waals surface area contributed by atoms with Gasteiger partial charge in [0.2, 0.25) is 5.91 Å². The highest BCUT2D eigenvalue weighted by Gasteiger charge is 2.19. The minimum atomic E-state index is -0.582. The number of nitriles is 1. The van der Waals surface area contributed by atoms with Gasteiger partial charge in [-0.15, -0.1) is 0 Å². The Bertz CT molecular complexity index is 1600. The molecule has 0 saturated heterocycles. The molecule has 39 heavy (non-hydrogen) atoms. The second kappa shape index (κ2) is 11.7. The first kappa shape index (κ1) is 27.2. The molecule has 4 rings (SSSR count). The fourth-order valence-corrected chi connectivity index (χ4v) is 4.22. The predicted octanol–water partition coefficient (Wildman–Crippen LogP) is 4.80. The number of amides is 1. The zero-order chi connectivity index (χ0) is 28.1. The van der Waals surface area contributed by atoms with E-state index < -0.39 is 12.2 Å². The predicted molar refractivity (Wildman–Crippen MR) is 151 cm³/mol. The summed E-state index contributed by atoms with van der Waals surface area (Å²) in [5.41, 5.74) is 5.09. The summed E-state index contributed by atoms with van der Waals surface area (Å²) in [5, 5.41) is 10.2. The van der Waals surface area contributed by atoms with Crippen LogP contribution in [0.3, 0.4) is 0 Å². The van der Waals surface area contributed by atoms with Crippen molar-refractivity contribution in [1.82, 2.24) is 19.4 Å². The Morgan fingerprint density at radius 1 is 1.10 bits per heavy atom. The van der Waals surface area contributed by atoms with Crippen LogP contribution in [0, 0.1) is 11.3 Å². The number of anilines is 1. The fraction of sp³-hybridized carbons (Fsp3) is 0.233. The lowest BCUT2D eigenvalue weighted by molar-refractivity contribution is -0.149. The topological polar surface area (TPSA) is 104 Å². The van der Waals surface area contributed by atoms with Crippen LogP contribution in [0.15, 0.2) is 73.3 Å². The van der Waals surface area contributed by atoms with Gasteiger partial charge in [0.05, 0.1) is 23.5 Å². The third-order valence-corrected chi connectivity index (χ3v) is 6.21. The van der Waals surface area contributed by atoms with E-state index in [2.05, 4.69) is 11.1 Å². The van der Waals surface area contributed by atoms with E-state index in [1.54, 1.807) is 54.2 Å². The number of aromatic nitrogens is 3. The van der Waals surface area contributed by atoms with Crippen molar-refractivity contribution >= 4 is 28.6 Å². The number of rotatable bonds is 8. The first-order valence-corrected chi connectivity index (χ1v) is 12.4. The van der Waals surface area contributed by atoms with Crippen molar-refractivity contribution in [1.29, 1.82) is 5.26 Å². The lowest BCUT2D eigenvalue weighted by Gasteiger charge is -2.16. The first-order chi connectivity index (χ1) is 18.7. The van der Waals surface area contributed by atoms with Crippen LogP contribution in [-0.2, 0) is 14.3 Å². The molecule has 1 unspecified atom stereocenters. The highest BCUT2D eigenvalue weighted by atomic mass is 16.6. The molecule has 0 spiro atoms. The van der Waals surface area contributed by atoms with Crippen LogP contribution in [0.1, 0.15) is 25.6 Å². The first-order valence-electron chi connectivity index (χ1n) is 12.4. The van der Waals surface area contributed by atoms with E-state index in [1.807, 2.05) is 61.6 Å².